The van der Waals surface area contributed by atoms with E-state index in [2.05, 4.69) is 45.5 Å². The SMILES string of the molecule is CC(Br)CNC(=O)C1CCc2ccccc2C1. The third-order valence-corrected chi connectivity index (χ3v) is 3.60. The zero-order valence-electron chi connectivity index (χ0n) is 10.1. The maximum absolute atomic E-state index is 12.0. The van der Waals surface area contributed by atoms with E-state index in [1.807, 2.05) is 6.92 Å². The highest BCUT2D eigenvalue weighted by molar-refractivity contribution is 9.09. The number of alkyl halides is 1. The quantitative estimate of drug-likeness (QED) is 0.854. The largest absolute Gasteiger partial charge is 0.355 e. The summed E-state index contributed by atoms with van der Waals surface area (Å²) in [7, 11) is 0. The number of hydrogen-bond donors (Lipinski definition) is 1. The first kappa shape index (κ1) is 12.6. The Balaban J connectivity index is 1.95. The first-order valence-corrected chi connectivity index (χ1v) is 7.07. The van der Waals surface area contributed by atoms with Crippen LogP contribution in [0.4, 0.5) is 0 Å². The van der Waals surface area contributed by atoms with Gasteiger partial charge < -0.3 is 5.32 Å². The molecule has 0 radical (unpaired) electrons. The van der Waals surface area contributed by atoms with Gasteiger partial charge in [0.05, 0.1) is 0 Å². The van der Waals surface area contributed by atoms with Crippen molar-refractivity contribution in [1.29, 1.82) is 0 Å². The molecule has 17 heavy (non-hydrogen) atoms. The second-order valence-electron chi connectivity index (χ2n) is 4.73. The minimum absolute atomic E-state index is 0.149. The highest BCUT2D eigenvalue weighted by atomic mass is 79.9. The number of fused-ring (bicyclic) bond motifs is 1. The van der Waals surface area contributed by atoms with Crippen LogP contribution in [0.1, 0.15) is 24.5 Å². The molecule has 0 bridgehead atoms. The number of aryl methyl sites for hydroxylation is 1. The number of benzene rings is 1. The van der Waals surface area contributed by atoms with Crippen molar-refractivity contribution >= 4 is 21.8 Å². The summed E-state index contributed by atoms with van der Waals surface area (Å²) in [6.07, 6.45) is 2.89. The van der Waals surface area contributed by atoms with E-state index in [1.165, 1.54) is 11.1 Å². The van der Waals surface area contributed by atoms with Crippen LogP contribution in [0.25, 0.3) is 0 Å². The number of rotatable bonds is 3. The fourth-order valence-corrected chi connectivity index (χ4v) is 2.47. The molecule has 1 aromatic carbocycles. The van der Waals surface area contributed by atoms with Crippen LogP contribution < -0.4 is 5.32 Å². The number of halogens is 1. The first-order valence-electron chi connectivity index (χ1n) is 6.15. The number of nitrogens with one attached hydrogen (secondary N) is 1. The van der Waals surface area contributed by atoms with Crippen molar-refractivity contribution < 1.29 is 4.79 Å². The molecule has 1 amide bonds. The van der Waals surface area contributed by atoms with Gasteiger partial charge in [-0.15, -0.1) is 0 Å². The molecule has 0 heterocycles. The highest BCUT2D eigenvalue weighted by Gasteiger charge is 2.24. The molecule has 2 unspecified atom stereocenters. The lowest BCUT2D eigenvalue weighted by Crippen LogP contribution is -2.36. The predicted molar refractivity (Wildman–Crippen MR) is 73.4 cm³/mol. The van der Waals surface area contributed by atoms with Gasteiger partial charge in [-0.1, -0.05) is 47.1 Å². The van der Waals surface area contributed by atoms with Gasteiger partial charge in [0.25, 0.3) is 0 Å². The maximum Gasteiger partial charge on any atom is 0.223 e. The van der Waals surface area contributed by atoms with Crippen molar-refractivity contribution in [3.05, 3.63) is 35.4 Å². The molecular formula is C14H18BrNO. The molecule has 92 valence electrons. The smallest absolute Gasteiger partial charge is 0.223 e. The van der Waals surface area contributed by atoms with Crippen molar-refractivity contribution in [3.8, 4) is 0 Å². The van der Waals surface area contributed by atoms with E-state index in [-0.39, 0.29) is 11.8 Å². The van der Waals surface area contributed by atoms with Crippen LogP contribution in [-0.2, 0) is 17.6 Å². The Morgan fingerprint density at radius 3 is 2.88 bits per heavy atom. The molecule has 1 aliphatic rings. The van der Waals surface area contributed by atoms with Gasteiger partial charge in [-0.2, -0.15) is 0 Å². The van der Waals surface area contributed by atoms with E-state index in [4.69, 9.17) is 0 Å². The van der Waals surface area contributed by atoms with Crippen LogP contribution in [0.3, 0.4) is 0 Å². The van der Waals surface area contributed by atoms with Crippen LogP contribution >= 0.6 is 15.9 Å². The molecule has 0 saturated heterocycles. The summed E-state index contributed by atoms with van der Waals surface area (Å²) in [6.45, 7) is 2.74. The van der Waals surface area contributed by atoms with E-state index >= 15 is 0 Å². The highest BCUT2D eigenvalue weighted by Crippen LogP contribution is 2.25. The van der Waals surface area contributed by atoms with E-state index in [0.29, 0.717) is 11.4 Å². The Morgan fingerprint density at radius 1 is 1.47 bits per heavy atom. The Labute approximate surface area is 111 Å². The molecular weight excluding hydrogens is 278 g/mol. The second-order valence-corrected chi connectivity index (χ2v) is 6.30. The number of hydrogen-bond acceptors (Lipinski definition) is 1. The third-order valence-electron chi connectivity index (χ3n) is 3.28. The summed E-state index contributed by atoms with van der Waals surface area (Å²) in [5, 5.41) is 3.00. The molecule has 0 spiro atoms. The van der Waals surface area contributed by atoms with Gasteiger partial charge in [-0.05, 0) is 30.4 Å². The Morgan fingerprint density at radius 2 is 2.18 bits per heavy atom. The molecule has 0 saturated carbocycles. The summed E-state index contributed by atoms with van der Waals surface area (Å²) in [5.74, 6) is 0.349. The van der Waals surface area contributed by atoms with Gasteiger partial charge in [-0.3, -0.25) is 4.79 Å². The van der Waals surface area contributed by atoms with Gasteiger partial charge in [-0.25, -0.2) is 0 Å². The zero-order valence-corrected chi connectivity index (χ0v) is 11.7. The van der Waals surface area contributed by atoms with E-state index in [9.17, 15) is 4.79 Å². The Bertz CT molecular complexity index is 403. The average Bonchev–Trinajstić information content (AvgIpc) is 2.35. The normalized spacial score (nSPS) is 20.5. The Hall–Kier alpha value is -0.830. The standard InChI is InChI=1S/C14H18BrNO/c1-10(15)9-16-14(17)13-7-6-11-4-2-3-5-12(11)8-13/h2-5,10,13H,6-9H2,1H3,(H,16,17). The van der Waals surface area contributed by atoms with Crippen LogP contribution in [0, 0.1) is 5.92 Å². The first-order chi connectivity index (χ1) is 8.16. The molecule has 0 aromatic heterocycles. The Kier molecular flexibility index (Phi) is 4.21. The third kappa shape index (κ3) is 3.32. The van der Waals surface area contributed by atoms with Crippen molar-refractivity contribution in [3.63, 3.8) is 0 Å². The lowest BCUT2D eigenvalue weighted by molar-refractivity contribution is -0.125. The lowest BCUT2D eigenvalue weighted by atomic mass is 9.83. The zero-order chi connectivity index (χ0) is 12.3. The molecule has 0 fully saturated rings. The van der Waals surface area contributed by atoms with Crippen molar-refractivity contribution in [2.24, 2.45) is 5.92 Å². The minimum atomic E-state index is 0.149. The van der Waals surface area contributed by atoms with Crippen molar-refractivity contribution in [2.45, 2.75) is 31.0 Å². The fourth-order valence-electron chi connectivity index (χ4n) is 2.31. The predicted octanol–water partition coefficient (Wildman–Crippen LogP) is 2.69. The topological polar surface area (TPSA) is 29.1 Å². The van der Waals surface area contributed by atoms with Crippen molar-refractivity contribution in [1.82, 2.24) is 5.32 Å². The second kappa shape index (κ2) is 5.67. The van der Waals surface area contributed by atoms with E-state index in [1.54, 1.807) is 0 Å². The lowest BCUT2D eigenvalue weighted by Gasteiger charge is -2.24. The molecule has 0 aliphatic heterocycles. The van der Waals surface area contributed by atoms with Gasteiger partial charge in [0.15, 0.2) is 0 Å². The molecule has 1 N–H and O–H groups in total. The molecule has 2 rings (SSSR count). The summed E-state index contributed by atoms with van der Waals surface area (Å²) in [5.41, 5.74) is 2.75. The van der Waals surface area contributed by atoms with Crippen LogP contribution in [-0.4, -0.2) is 17.3 Å². The molecule has 2 nitrogen and oxygen atoms in total. The van der Waals surface area contributed by atoms with Gasteiger partial charge in [0, 0.05) is 17.3 Å². The fraction of sp³-hybridized carbons (Fsp3) is 0.500. The number of carbonyl (C=O) groups is 1. The number of amides is 1. The van der Waals surface area contributed by atoms with Gasteiger partial charge >= 0.3 is 0 Å². The van der Waals surface area contributed by atoms with Crippen LogP contribution in [0.5, 0.6) is 0 Å². The van der Waals surface area contributed by atoms with Crippen LogP contribution in [0.15, 0.2) is 24.3 Å². The van der Waals surface area contributed by atoms with Gasteiger partial charge in [0.1, 0.15) is 0 Å². The summed E-state index contributed by atoms with van der Waals surface area (Å²) in [4.78, 5) is 12.3. The van der Waals surface area contributed by atoms with Crippen LogP contribution in [0.2, 0.25) is 0 Å². The number of carbonyl (C=O) groups excluding carboxylic acids is 1. The molecule has 2 atom stereocenters. The van der Waals surface area contributed by atoms with E-state index < -0.39 is 0 Å². The van der Waals surface area contributed by atoms with Crippen molar-refractivity contribution in [2.75, 3.05) is 6.54 Å². The minimum Gasteiger partial charge on any atom is -0.355 e. The molecule has 1 aliphatic carbocycles. The summed E-state index contributed by atoms with van der Waals surface area (Å²) >= 11 is 3.44. The average molecular weight is 296 g/mol. The van der Waals surface area contributed by atoms with Gasteiger partial charge in [0.2, 0.25) is 5.91 Å². The maximum atomic E-state index is 12.0. The summed E-state index contributed by atoms with van der Waals surface area (Å²) in [6, 6.07) is 8.44. The van der Waals surface area contributed by atoms with E-state index in [0.717, 1.165) is 19.3 Å². The molecule has 1 aromatic rings. The molecule has 3 heteroatoms. The monoisotopic (exact) mass is 295 g/mol. The summed E-state index contributed by atoms with van der Waals surface area (Å²) < 4.78 is 0.